The second kappa shape index (κ2) is 5.56. The molecule has 1 aliphatic carbocycles. The van der Waals surface area contributed by atoms with E-state index in [9.17, 15) is 0 Å². The molecule has 0 bridgehead atoms. The first-order chi connectivity index (χ1) is 9.76. The van der Waals surface area contributed by atoms with Gasteiger partial charge in [-0.15, -0.1) is 0 Å². The van der Waals surface area contributed by atoms with Gasteiger partial charge in [0.2, 0.25) is 0 Å². The molecule has 1 fully saturated rings. The van der Waals surface area contributed by atoms with Crippen LogP contribution in [0.3, 0.4) is 0 Å². The van der Waals surface area contributed by atoms with Gasteiger partial charge in [0, 0.05) is 11.7 Å². The molecule has 1 saturated carbocycles. The van der Waals surface area contributed by atoms with Gasteiger partial charge in [0.1, 0.15) is 6.07 Å². The smallest absolute Gasteiger partial charge is 0.101 e. The molecule has 20 heavy (non-hydrogen) atoms. The summed E-state index contributed by atoms with van der Waals surface area (Å²) < 4.78 is 0. The van der Waals surface area contributed by atoms with Gasteiger partial charge in [-0.2, -0.15) is 5.26 Å². The van der Waals surface area contributed by atoms with Gasteiger partial charge in [-0.3, -0.25) is 0 Å². The zero-order valence-corrected chi connectivity index (χ0v) is 11.8. The second-order valence-electron chi connectivity index (χ2n) is 5.23. The molecule has 0 aliphatic heterocycles. The van der Waals surface area contributed by atoms with E-state index in [1.165, 1.54) is 5.56 Å². The molecule has 0 radical (unpaired) electrons. The van der Waals surface area contributed by atoms with Gasteiger partial charge in [0.15, 0.2) is 0 Å². The summed E-state index contributed by atoms with van der Waals surface area (Å²) in [7, 11) is 0. The van der Waals surface area contributed by atoms with Gasteiger partial charge in [-0.05, 0) is 42.5 Å². The van der Waals surface area contributed by atoms with Gasteiger partial charge in [0.05, 0.1) is 10.6 Å². The molecule has 2 aromatic carbocycles. The Morgan fingerprint density at radius 2 is 1.85 bits per heavy atom. The van der Waals surface area contributed by atoms with Crippen LogP contribution < -0.4 is 5.32 Å². The molecule has 0 unspecified atom stereocenters. The van der Waals surface area contributed by atoms with Gasteiger partial charge in [0.25, 0.3) is 0 Å². The summed E-state index contributed by atoms with van der Waals surface area (Å²) in [4.78, 5) is 0. The first-order valence-electron chi connectivity index (χ1n) is 6.77. The van der Waals surface area contributed by atoms with Crippen LogP contribution in [-0.4, -0.2) is 6.04 Å². The minimum Gasteiger partial charge on any atom is -0.382 e. The second-order valence-corrected chi connectivity index (χ2v) is 5.63. The molecule has 3 heteroatoms. The molecule has 1 aliphatic rings. The minimum atomic E-state index is 0.490. The Balaban J connectivity index is 1.59. The zero-order chi connectivity index (χ0) is 13.9. The van der Waals surface area contributed by atoms with E-state index in [0.717, 1.165) is 18.5 Å². The molecule has 0 amide bonds. The van der Waals surface area contributed by atoms with E-state index in [0.29, 0.717) is 22.5 Å². The first-order valence-corrected chi connectivity index (χ1v) is 7.15. The summed E-state index contributed by atoms with van der Waals surface area (Å²) in [5.41, 5.74) is 2.93. The van der Waals surface area contributed by atoms with Crippen molar-refractivity contribution >= 4 is 17.3 Å². The van der Waals surface area contributed by atoms with Crippen molar-refractivity contribution in [3.8, 4) is 6.07 Å². The fourth-order valence-corrected chi connectivity index (χ4v) is 2.89. The maximum atomic E-state index is 8.85. The van der Waals surface area contributed by atoms with Crippen molar-refractivity contribution in [3.05, 3.63) is 64.7 Å². The molecule has 100 valence electrons. The highest BCUT2D eigenvalue weighted by Crippen LogP contribution is 2.38. The summed E-state index contributed by atoms with van der Waals surface area (Å²) in [6.07, 6.45) is 2.28. The average Bonchev–Trinajstić information content (AvgIpc) is 2.43. The van der Waals surface area contributed by atoms with E-state index in [1.807, 2.05) is 12.1 Å². The molecular weight excluding hydrogens is 268 g/mol. The third-order valence-electron chi connectivity index (χ3n) is 3.87. The first kappa shape index (κ1) is 13.0. The van der Waals surface area contributed by atoms with E-state index < -0.39 is 0 Å². The largest absolute Gasteiger partial charge is 0.382 e. The van der Waals surface area contributed by atoms with Crippen molar-refractivity contribution in [3.63, 3.8) is 0 Å². The van der Waals surface area contributed by atoms with Crippen LogP contribution in [0, 0.1) is 11.3 Å². The van der Waals surface area contributed by atoms with E-state index in [2.05, 4.69) is 41.7 Å². The molecule has 2 aromatic rings. The number of nitrogens with zero attached hydrogens (tertiary/aromatic N) is 1. The number of benzene rings is 2. The van der Waals surface area contributed by atoms with E-state index in [-0.39, 0.29) is 0 Å². The molecule has 2 nitrogen and oxygen atoms in total. The van der Waals surface area contributed by atoms with Gasteiger partial charge in [-0.25, -0.2) is 0 Å². The predicted octanol–water partition coefficient (Wildman–Crippen LogP) is 4.57. The molecule has 1 N–H and O–H groups in total. The highest BCUT2D eigenvalue weighted by Gasteiger charge is 2.29. The maximum absolute atomic E-state index is 8.85. The summed E-state index contributed by atoms with van der Waals surface area (Å²) in [6, 6.07) is 18.7. The van der Waals surface area contributed by atoms with Crippen LogP contribution in [0.1, 0.15) is 29.9 Å². The van der Waals surface area contributed by atoms with Crippen LogP contribution in [-0.2, 0) is 0 Å². The Bertz CT molecular complexity index is 640. The van der Waals surface area contributed by atoms with Crippen molar-refractivity contribution in [2.45, 2.75) is 24.8 Å². The summed E-state index contributed by atoms with van der Waals surface area (Å²) in [5, 5.41) is 12.8. The SMILES string of the molecule is N#Cc1ccc(NC2CC(c3ccccc3)C2)cc1Cl. The van der Waals surface area contributed by atoms with Gasteiger partial charge < -0.3 is 5.32 Å². The summed E-state index contributed by atoms with van der Waals surface area (Å²) in [5.74, 6) is 0.655. The third-order valence-corrected chi connectivity index (χ3v) is 4.18. The number of hydrogen-bond acceptors (Lipinski definition) is 2. The van der Waals surface area contributed by atoms with Crippen LogP contribution in [0.5, 0.6) is 0 Å². The van der Waals surface area contributed by atoms with Crippen molar-refractivity contribution < 1.29 is 0 Å². The Hall–Kier alpha value is -1.98. The fraction of sp³-hybridized carbons (Fsp3) is 0.235. The molecule has 0 heterocycles. The Labute approximate surface area is 124 Å². The maximum Gasteiger partial charge on any atom is 0.101 e. The van der Waals surface area contributed by atoms with Crippen LogP contribution >= 0.6 is 11.6 Å². The number of nitrogens with one attached hydrogen (secondary N) is 1. The van der Waals surface area contributed by atoms with Crippen molar-refractivity contribution in [1.82, 2.24) is 0 Å². The number of halogens is 1. The number of hydrogen-bond donors (Lipinski definition) is 1. The number of anilines is 1. The number of rotatable bonds is 3. The van der Waals surface area contributed by atoms with E-state index in [1.54, 1.807) is 6.07 Å². The van der Waals surface area contributed by atoms with Gasteiger partial charge in [-0.1, -0.05) is 41.9 Å². The third kappa shape index (κ3) is 2.64. The molecule has 3 rings (SSSR count). The monoisotopic (exact) mass is 282 g/mol. The molecule has 0 aromatic heterocycles. The Kier molecular flexibility index (Phi) is 3.62. The molecular formula is C17H15ClN2. The summed E-state index contributed by atoms with van der Waals surface area (Å²) >= 11 is 6.04. The highest BCUT2D eigenvalue weighted by molar-refractivity contribution is 6.32. The molecule has 0 atom stereocenters. The number of nitriles is 1. The minimum absolute atomic E-state index is 0.490. The van der Waals surface area contributed by atoms with E-state index in [4.69, 9.17) is 16.9 Å². The Morgan fingerprint density at radius 1 is 1.10 bits per heavy atom. The molecule has 0 saturated heterocycles. The Morgan fingerprint density at radius 3 is 2.50 bits per heavy atom. The van der Waals surface area contributed by atoms with Crippen molar-refractivity contribution in [2.24, 2.45) is 0 Å². The zero-order valence-electron chi connectivity index (χ0n) is 11.0. The fourth-order valence-electron chi connectivity index (χ4n) is 2.66. The highest BCUT2D eigenvalue weighted by atomic mass is 35.5. The van der Waals surface area contributed by atoms with Crippen molar-refractivity contribution in [2.75, 3.05) is 5.32 Å². The van der Waals surface area contributed by atoms with Crippen LogP contribution in [0.2, 0.25) is 5.02 Å². The van der Waals surface area contributed by atoms with Crippen LogP contribution in [0.25, 0.3) is 0 Å². The quantitative estimate of drug-likeness (QED) is 0.895. The summed E-state index contributed by atoms with van der Waals surface area (Å²) in [6.45, 7) is 0. The normalized spacial score (nSPS) is 20.8. The standard InChI is InChI=1S/C17H15ClN2/c18-17-10-15(7-6-13(17)11-19)20-16-8-14(9-16)12-4-2-1-3-5-12/h1-7,10,14,16,20H,8-9H2. The predicted molar refractivity (Wildman–Crippen MR) is 82.0 cm³/mol. The lowest BCUT2D eigenvalue weighted by Crippen LogP contribution is -2.33. The van der Waals surface area contributed by atoms with E-state index >= 15 is 0 Å². The van der Waals surface area contributed by atoms with Crippen molar-refractivity contribution in [1.29, 1.82) is 5.26 Å². The van der Waals surface area contributed by atoms with Crippen LogP contribution in [0.15, 0.2) is 48.5 Å². The lowest BCUT2D eigenvalue weighted by molar-refractivity contribution is 0.374. The molecule has 0 spiro atoms. The lowest BCUT2D eigenvalue weighted by Gasteiger charge is -2.37. The van der Waals surface area contributed by atoms with Crippen LogP contribution in [0.4, 0.5) is 5.69 Å². The lowest BCUT2D eigenvalue weighted by atomic mass is 9.76. The average molecular weight is 283 g/mol. The van der Waals surface area contributed by atoms with Gasteiger partial charge >= 0.3 is 0 Å². The topological polar surface area (TPSA) is 35.8 Å².